The van der Waals surface area contributed by atoms with Gasteiger partial charge in [0.25, 0.3) is 11.8 Å². The molecule has 0 aliphatic carbocycles. The van der Waals surface area contributed by atoms with Gasteiger partial charge in [-0.2, -0.15) is 0 Å². The Kier molecular flexibility index (Phi) is 14.4. The lowest BCUT2D eigenvalue weighted by Gasteiger charge is -2.38. The van der Waals surface area contributed by atoms with E-state index in [-0.39, 0.29) is 44.4 Å². The second-order valence-corrected chi connectivity index (χ2v) is 12.2. The molecule has 2 aliphatic rings. The van der Waals surface area contributed by atoms with Crippen molar-refractivity contribution in [3.8, 4) is 5.75 Å². The molecule has 3 rings (SSSR count). The monoisotopic (exact) mass is 680 g/mol. The van der Waals surface area contributed by atoms with Crippen LogP contribution in [0.15, 0.2) is 30.4 Å². The summed E-state index contributed by atoms with van der Waals surface area (Å²) < 4.78 is 27.5. The zero-order valence-electron chi connectivity index (χ0n) is 27.2. The molecule has 1 fully saturated rings. The number of carboxylic acids is 1. The Bertz CT molecular complexity index is 1310. The number of aliphatic hydroxyl groups excluding tert-OH is 3. The second-order valence-electron chi connectivity index (χ2n) is 12.2. The molecule has 1 aromatic carbocycles. The van der Waals surface area contributed by atoms with Crippen LogP contribution in [0.2, 0.25) is 0 Å². The summed E-state index contributed by atoms with van der Waals surface area (Å²) in [6, 6.07) is 5.01. The summed E-state index contributed by atoms with van der Waals surface area (Å²) in [5, 5.41) is 42.5. The van der Waals surface area contributed by atoms with E-state index in [2.05, 4.69) is 5.32 Å². The molecule has 48 heavy (non-hydrogen) atoms. The molecule has 0 unspecified atom stereocenters. The zero-order valence-corrected chi connectivity index (χ0v) is 27.2. The third-order valence-corrected chi connectivity index (χ3v) is 7.31. The van der Waals surface area contributed by atoms with E-state index in [1.165, 1.54) is 12.2 Å². The number of esters is 1. The van der Waals surface area contributed by atoms with Crippen molar-refractivity contribution in [2.45, 2.75) is 77.3 Å². The van der Waals surface area contributed by atoms with Gasteiger partial charge in [-0.15, -0.1) is 0 Å². The summed E-state index contributed by atoms with van der Waals surface area (Å²) in [4.78, 5) is 59.8. The number of nitrogens with zero attached hydrogens (tertiary/aromatic N) is 1. The SMILES string of the molecule is CC(C)(C)C(=O)OCc1cc(CCCOCCOCCNC(=O)CCN2C(=O)C=CC2=O)ccc1O[C@@H]1O[C@H](C(=O)O)[C@@H](O)[C@H](O)[C@H]1O. The highest BCUT2D eigenvalue weighted by atomic mass is 16.7. The normalized spacial score (nSPS) is 22.5. The number of aliphatic hydroxyl groups is 3. The predicted octanol–water partition coefficient (Wildman–Crippen LogP) is -0.556. The Morgan fingerprint density at radius 1 is 0.938 bits per heavy atom. The third kappa shape index (κ3) is 11.4. The number of aryl methyl sites for hydroxylation is 1. The van der Waals surface area contributed by atoms with Gasteiger partial charge in [-0.1, -0.05) is 6.07 Å². The van der Waals surface area contributed by atoms with Crippen molar-refractivity contribution in [2.24, 2.45) is 5.41 Å². The number of amides is 3. The largest absolute Gasteiger partial charge is 0.479 e. The highest BCUT2D eigenvalue weighted by Gasteiger charge is 2.48. The van der Waals surface area contributed by atoms with Crippen molar-refractivity contribution in [2.75, 3.05) is 39.5 Å². The zero-order chi connectivity index (χ0) is 35.4. The summed E-state index contributed by atoms with van der Waals surface area (Å²) in [5.74, 6) is -3.06. The van der Waals surface area contributed by atoms with E-state index < -0.39 is 59.9 Å². The number of ether oxygens (including phenoxy) is 5. The van der Waals surface area contributed by atoms with E-state index in [1.807, 2.05) is 0 Å². The lowest BCUT2D eigenvalue weighted by atomic mass is 9.97. The number of carboxylic acid groups (broad SMARTS) is 1. The van der Waals surface area contributed by atoms with E-state index in [0.29, 0.717) is 38.2 Å². The van der Waals surface area contributed by atoms with Gasteiger partial charge in [0.2, 0.25) is 12.2 Å². The van der Waals surface area contributed by atoms with Gasteiger partial charge >= 0.3 is 11.9 Å². The molecule has 5 N–H and O–H groups in total. The Morgan fingerprint density at radius 2 is 1.60 bits per heavy atom. The molecule has 1 aromatic rings. The average Bonchev–Trinajstić information content (AvgIpc) is 3.36. The Labute approximate surface area is 277 Å². The van der Waals surface area contributed by atoms with Gasteiger partial charge in [-0.25, -0.2) is 4.79 Å². The summed E-state index contributed by atoms with van der Waals surface area (Å²) in [7, 11) is 0. The Hall–Kier alpha value is -3.93. The van der Waals surface area contributed by atoms with Crippen LogP contribution in [0.5, 0.6) is 5.75 Å². The summed E-state index contributed by atoms with van der Waals surface area (Å²) in [5.41, 5.74) is 0.477. The molecule has 0 saturated carbocycles. The van der Waals surface area contributed by atoms with Crippen LogP contribution in [-0.2, 0) is 55.9 Å². The van der Waals surface area contributed by atoms with Gasteiger partial charge in [0, 0.05) is 43.8 Å². The minimum absolute atomic E-state index is 0.00198. The molecular weight excluding hydrogens is 636 g/mol. The molecule has 1 saturated heterocycles. The Balaban J connectivity index is 1.41. The van der Waals surface area contributed by atoms with Gasteiger partial charge in [0.15, 0.2) is 6.10 Å². The maximum absolute atomic E-state index is 12.4. The summed E-state index contributed by atoms with van der Waals surface area (Å²) in [6.45, 7) is 6.47. The molecule has 16 heteroatoms. The third-order valence-electron chi connectivity index (χ3n) is 7.31. The topological polar surface area (TPSA) is 228 Å². The fraction of sp³-hybridized carbons (Fsp3) is 0.594. The molecule has 3 amide bonds. The van der Waals surface area contributed by atoms with Crippen LogP contribution in [0.4, 0.5) is 0 Å². The first kappa shape index (κ1) is 38.5. The molecule has 266 valence electrons. The van der Waals surface area contributed by atoms with Gasteiger partial charge in [0.1, 0.15) is 30.7 Å². The standard InChI is InChI=1S/C32H44N2O14/c1-32(2,3)31(43)46-18-20-17-19(6-7-21(20)47-30-27(40)25(38)26(39)28(48-30)29(41)42)5-4-13-44-15-16-45-14-11-33-22(35)10-12-34-23(36)8-9-24(34)37/h6-9,17,25-28,30,38-40H,4-5,10-16,18H2,1-3H3,(H,33,35)(H,41,42)/t25-,26-,27+,28-,30+/m0/s1. The highest BCUT2D eigenvalue weighted by molar-refractivity contribution is 6.13. The van der Waals surface area contributed by atoms with Crippen molar-refractivity contribution in [3.63, 3.8) is 0 Å². The van der Waals surface area contributed by atoms with Crippen LogP contribution < -0.4 is 10.1 Å². The first-order valence-electron chi connectivity index (χ1n) is 15.5. The van der Waals surface area contributed by atoms with Crippen LogP contribution >= 0.6 is 0 Å². The summed E-state index contributed by atoms with van der Waals surface area (Å²) >= 11 is 0. The van der Waals surface area contributed by atoms with Gasteiger partial charge < -0.3 is 49.4 Å². The van der Waals surface area contributed by atoms with Crippen LogP contribution in [0.1, 0.15) is 44.7 Å². The molecule has 2 heterocycles. The first-order valence-corrected chi connectivity index (χ1v) is 15.5. The average molecular weight is 681 g/mol. The molecule has 16 nitrogen and oxygen atoms in total. The van der Waals surface area contributed by atoms with Crippen molar-refractivity contribution < 1.29 is 68.1 Å². The molecule has 2 aliphatic heterocycles. The fourth-order valence-electron chi connectivity index (χ4n) is 4.57. The number of imide groups is 1. The minimum Gasteiger partial charge on any atom is -0.479 e. The molecule has 5 atom stereocenters. The number of benzene rings is 1. The first-order chi connectivity index (χ1) is 22.7. The van der Waals surface area contributed by atoms with Crippen LogP contribution in [0.25, 0.3) is 0 Å². The number of carbonyl (C=O) groups is 5. The number of rotatable bonds is 18. The van der Waals surface area contributed by atoms with E-state index in [1.54, 1.807) is 39.0 Å². The number of aliphatic carboxylic acids is 1. The van der Waals surface area contributed by atoms with Crippen molar-refractivity contribution >= 4 is 29.7 Å². The van der Waals surface area contributed by atoms with Crippen LogP contribution in [0, 0.1) is 5.41 Å². The number of nitrogens with one attached hydrogen (secondary N) is 1. The quantitative estimate of drug-likeness (QED) is 0.0745. The predicted molar refractivity (Wildman–Crippen MR) is 164 cm³/mol. The highest BCUT2D eigenvalue weighted by Crippen LogP contribution is 2.29. The minimum atomic E-state index is -1.87. The molecule has 0 bridgehead atoms. The molecular formula is C32H44N2O14. The van der Waals surface area contributed by atoms with E-state index >= 15 is 0 Å². The lowest BCUT2D eigenvalue weighted by Crippen LogP contribution is -2.61. The van der Waals surface area contributed by atoms with Gasteiger partial charge in [-0.05, 0) is 51.3 Å². The van der Waals surface area contributed by atoms with E-state index in [0.717, 1.165) is 10.5 Å². The molecule has 0 radical (unpaired) electrons. The van der Waals surface area contributed by atoms with Crippen molar-refractivity contribution in [1.29, 1.82) is 0 Å². The van der Waals surface area contributed by atoms with E-state index in [9.17, 15) is 44.4 Å². The van der Waals surface area contributed by atoms with Crippen molar-refractivity contribution in [1.82, 2.24) is 10.2 Å². The van der Waals surface area contributed by atoms with Crippen molar-refractivity contribution in [3.05, 3.63) is 41.5 Å². The summed E-state index contributed by atoms with van der Waals surface area (Å²) in [6.07, 6.45) is -5.40. The van der Waals surface area contributed by atoms with Crippen LogP contribution in [-0.4, -0.2) is 125 Å². The lowest BCUT2D eigenvalue weighted by molar-refractivity contribution is -0.271. The molecule has 0 aromatic heterocycles. The van der Waals surface area contributed by atoms with Crippen LogP contribution in [0.3, 0.4) is 0 Å². The van der Waals surface area contributed by atoms with E-state index in [4.69, 9.17) is 23.7 Å². The Morgan fingerprint density at radius 3 is 2.25 bits per heavy atom. The van der Waals surface area contributed by atoms with Gasteiger partial charge in [0.05, 0.1) is 25.2 Å². The maximum Gasteiger partial charge on any atom is 0.335 e. The number of hydrogen-bond donors (Lipinski definition) is 5. The maximum atomic E-state index is 12.4. The molecule has 0 spiro atoms. The second kappa shape index (κ2) is 18.0. The smallest absolute Gasteiger partial charge is 0.335 e. The number of hydrogen-bond acceptors (Lipinski definition) is 13. The number of carbonyl (C=O) groups excluding carboxylic acids is 4. The fourth-order valence-corrected chi connectivity index (χ4v) is 4.57. The van der Waals surface area contributed by atoms with Gasteiger partial charge in [-0.3, -0.25) is 24.1 Å².